The summed E-state index contributed by atoms with van der Waals surface area (Å²) in [5.41, 5.74) is 1.71. The molecular weight excluding hydrogens is 280 g/mol. The highest BCUT2D eigenvalue weighted by atomic mass is 79.9. The van der Waals surface area contributed by atoms with Crippen LogP contribution in [0.3, 0.4) is 0 Å². The van der Waals surface area contributed by atoms with E-state index >= 15 is 0 Å². The number of hydrogen-bond acceptors (Lipinski definition) is 2. The topological polar surface area (TPSA) is 34.9 Å². The summed E-state index contributed by atoms with van der Waals surface area (Å²) in [5, 5.41) is 0.639. The van der Waals surface area contributed by atoms with Gasteiger partial charge in [-0.3, -0.25) is 9.36 Å². The predicted octanol–water partition coefficient (Wildman–Crippen LogP) is 3.13. The molecule has 0 saturated carbocycles. The standard InChI is InChI=1S/C13H13BrN2O/c1-3-9(2)7-16-8-15-12-6-10(14)4-5-11(12)13(16)17/h4-6,8H,2-3,7H2,1H3. The summed E-state index contributed by atoms with van der Waals surface area (Å²) in [6.07, 6.45) is 2.45. The lowest BCUT2D eigenvalue weighted by molar-refractivity contribution is 0.719. The third kappa shape index (κ3) is 2.47. The molecule has 4 heteroatoms. The number of fused-ring (bicyclic) bond motifs is 1. The highest BCUT2D eigenvalue weighted by Crippen LogP contribution is 2.15. The molecule has 2 aromatic rings. The zero-order valence-electron chi connectivity index (χ0n) is 9.61. The van der Waals surface area contributed by atoms with Crippen LogP contribution in [0.15, 0.2) is 45.9 Å². The Labute approximate surface area is 108 Å². The molecule has 17 heavy (non-hydrogen) atoms. The first-order valence-corrected chi connectivity index (χ1v) is 6.22. The minimum absolute atomic E-state index is 0.0166. The van der Waals surface area contributed by atoms with E-state index in [-0.39, 0.29) is 5.56 Å². The highest BCUT2D eigenvalue weighted by Gasteiger charge is 2.04. The summed E-state index contributed by atoms with van der Waals surface area (Å²) in [6, 6.07) is 5.49. The Balaban J connectivity index is 2.54. The van der Waals surface area contributed by atoms with Gasteiger partial charge in [-0.15, -0.1) is 0 Å². The number of hydrogen-bond donors (Lipinski definition) is 0. The van der Waals surface area contributed by atoms with Crippen LogP contribution in [0.5, 0.6) is 0 Å². The van der Waals surface area contributed by atoms with E-state index in [1.54, 1.807) is 17.0 Å². The van der Waals surface area contributed by atoms with Gasteiger partial charge in [-0.1, -0.05) is 35.0 Å². The molecule has 88 valence electrons. The van der Waals surface area contributed by atoms with Crippen molar-refractivity contribution in [3.8, 4) is 0 Å². The van der Waals surface area contributed by atoms with Gasteiger partial charge < -0.3 is 0 Å². The van der Waals surface area contributed by atoms with Crippen molar-refractivity contribution in [3.05, 3.63) is 51.5 Å². The van der Waals surface area contributed by atoms with Gasteiger partial charge in [0.2, 0.25) is 0 Å². The Bertz CT molecular complexity index is 631. The number of rotatable bonds is 3. The molecule has 0 saturated heterocycles. The van der Waals surface area contributed by atoms with Gasteiger partial charge in [0.15, 0.2) is 0 Å². The maximum absolute atomic E-state index is 12.2. The molecule has 0 unspecified atom stereocenters. The van der Waals surface area contributed by atoms with Crippen molar-refractivity contribution in [2.24, 2.45) is 0 Å². The van der Waals surface area contributed by atoms with E-state index in [4.69, 9.17) is 0 Å². The molecule has 0 spiro atoms. The molecule has 0 N–H and O–H groups in total. The summed E-state index contributed by atoms with van der Waals surface area (Å²) in [5.74, 6) is 0. The second-order valence-corrected chi connectivity index (χ2v) is 4.86. The monoisotopic (exact) mass is 292 g/mol. The lowest BCUT2D eigenvalue weighted by atomic mass is 10.2. The van der Waals surface area contributed by atoms with Gasteiger partial charge in [0, 0.05) is 11.0 Å². The number of halogens is 1. The van der Waals surface area contributed by atoms with Crippen LogP contribution < -0.4 is 5.56 Å². The largest absolute Gasteiger partial charge is 0.295 e. The Kier molecular flexibility index (Phi) is 3.43. The molecule has 0 radical (unpaired) electrons. The molecule has 1 aromatic heterocycles. The first-order chi connectivity index (χ1) is 8.11. The molecule has 0 bridgehead atoms. The van der Waals surface area contributed by atoms with Crippen LogP contribution in [-0.4, -0.2) is 9.55 Å². The van der Waals surface area contributed by atoms with Crippen LogP contribution in [0.1, 0.15) is 13.3 Å². The number of allylic oxidation sites excluding steroid dienone is 1. The molecule has 1 aromatic carbocycles. The van der Waals surface area contributed by atoms with Gasteiger partial charge in [0.25, 0.3) is 5.56 Å². The molecule has 0 aliphatic rings. The van der Waals surface area contributed by atoms with Gasteiger partial charge in [-0.05, 0) is 24.6 Å². The lowest BCUT2D eigenvalue weighted by Crippen LogP contribution is -2.21. The Morgan fingerprint density at radius 1 is 1.53 bits per heavy atom. The molecule has 0 aliphatic carbocycles. The second-order valence-electron chi connectivity index (χ2n) is 3.94. The SMILES string of the molecule is C=C(CC)Cn1cnc2cc(Br)ccc2c1=O. The van der Waals surface area contributed by atoms with Crippen molar-refractivity contribution in [2.45, 2.75) is 19.9 Å². The first-order valence-electron chi connectivity index (χ1n) is 5.43. The van der Waals surface area contributed by atoms with Crippen LogP contribution in [0, 0.1) is 0 Å². The normalized spacial score (nSPS) is 10.7. The van der Waals surface area contributed by atoms with Gasteiger partial charge >= 0.3 is 0 Å². The summed E-state index contributed by atoms with van der Waals surface area (Å²) in [6.45, 7) is 6.47. The smallest absolute Gasteiger partial charge is 0.261 e. The highest BCUT2D eigenvalue weighted by molar-refractivity contribution is 9.10. The van der Waals surface area contributed by atoms with Crippen LogP contribution in [0.4, 0.5) is 0 Å². The maximum atomic E-state index is 12.2. The first kappa shape index (κ1) is 12.0. The van der Waals surface area contributed by atoms with Crippen LogP contribution in [-0.2, 0) is 6.54 Å². The van der Waals surface area contributed by atoms with E-state index in [0.717, 1.165) is 16.5 Å². The number of nitrogens with zero attached hydrogens (tertiary/aromatic N) is 2. The Morgan fingerprint density at radius 2 is 2.29 bits per heavy atom. The van der Waals surface area contributed by atoms with Crippen LogP contribution >= 0.6 is 15.9 Å². The van der Waals surface area contributed by atoms with E-state index in [0.29, 0.717) is 17.4 Å². The van der Waals surface area contributed by atoms with E-state index in [9.17, 15) is 4.79 Å². The Morgan fingerprint density at radius 3 is 3.00 bits per heavy atom. The van der Waals surface area contributed by atoms with Crippen molar-refractivity contribution in [1.29, 1.82) is 0 Å². The van der Waals surface area contributed by atoms with E-state index in [1.165, 1.54) is 0 Å². The minimum atomic E-state index is -0.0166. The van der Waals surface area contributed by atoms with E-state index in [2.05, 4.69) is 27.5 Å². The molecule has 0 atom stereocenters. The molecule has 1 heterocycles. The predicted molar refractivity (Wildman–Crippen MR) is 73.1 cm³/mol. The van der Waals surface area contributed by atoms with Gasteiger partial charge in [-0.2, -0.15) is 0 Å². The van der Waals surface area contributed by atoms with Gasteiger partial charge in [-0.25, -0.2) is 4.98 Å². The summed E-state index contributed by atoms with van der Waals surface area (Å²) in [7, 11) is 0. The minimum Gasteiger partial charge on any atom is -0.295 e. The molecule has 0 aliphatic heterocycles. The third-order valence-corrected chi connectivity index (χ3v) is 3.17. The zero-order valence-corrected chi connectivity index (χ0v) is 11.2. The fourth-order valence-electron chi connectivity index (χ4n) is 1.60. The van der Waals surface area contributed by atoms with Crippen molar-refractivity contribution < 1.29 is 0 Å². The molecule has 3 nitrogen and oxygen atoms in total. The van der Waals surface area contributed by atoms with Gasteiger partial charge in [0.1, 0.15) is 0 Å². The van der Waals surface area contributed by atoms with Gasteiger partial charge in [0.05, 0.1) is 17.2 Å². The molecule has 2 rings (SSSR count). The molecule has 0 amide bonds. The van der Waals surface area contributed by atoms with E-state index < -0.39 is 0 Å². The number of benzene rings is 1. The van der Waals surface area contributed by atoms with Crippen LogP contribution in [0.25, 0.3) is 10.9 Å². The van der Waals surface area contributed by atoms with Crippen molar-refractivity contribution in [1.82, 2.24) is 9.55 Å². The summed E-state index contributed by atoms with van der Waals surface area (Å²) < 4.78 is 2.52. The lowest BCUT2D eigenvalue weighted by Gasteiger charge is -2.07. The fraction of sp³-hybridized carbons (Fsp3) is 0.231. The van der Waals surface area contributed by atoms with Crippen molar-refractivity contribution in [3.63, 3.8) is 0 Å². The average Bonchev–Trinajstić information content (AvgIpc) is 2.32. The quantitative estimate of drug-likeness (QED) is 0.815. The number of aromatic nitrogens is 2. The molecular formula is C13H13BrN2O. The summed E-state index contributed by atoms with van der Waals surface area (Å²) in [4.78, 5) is 16.4. The second kappa shape index (κ2) is 4.84. The third-order valence-electron chi connectivity index (χ3n) is 2.68. The van der Waals surface area contributed by atoms with Crippen LogP contribution in [0.2, 0.25) is 0 Å². The van der Waals surface area contributed by atoms with Crippen molar-refractivity contribution in [2.75, 3.05) is 0 Å². The fourth-order valence-corrected chi connectivity index (χ4v) is 1.95. The summed E-state index contributed by atoms with van der Waals surface area (Å²) >= 11 is 3.36. The van der Waals surface area contributed by atoms with Crippen molar-refractivity contribution >= 4 is 26.8 Å². The zero-order chi connectivity index (χ0) is 12.4. The Hall–Kier alpha value is -1.42. The molecule has 0 fully saturated rings. The van der Waals surface area contributed by atoms with E-state index in [1.807, 2.05) is 19.1 Å². The average molecular weight is 293 g/mol. The maximum Gasteiger partial charge on any atom is 0.261 e.